The molecule has 8 heteroatoms. The number of aryl methyl sites for hydroxylation is 1. The van der Waals surface area contributed by atoms with Crippen molar-refractivity contribution in [3.05, 3.63) is 47.8 Å². The second kappa shape index (κ2) is 5.92. The maximum Gasteiger partial charge on any atom is 0.178 e. The van der Waals surface area contributed by atoms with E-state index in [0.29, 0.717) is 23.8 Å². The van der Waals surface area contributed by atoms with Crippen molar-refractivity contribution >= 4 is 11.5 Å². The lowest BCUT2D eigenvalue weighted by Gasteiger charge is -2.08. The van der Waals surface area contributed by atoms with Crippen LogP contribution in [0.3, 0.4) is 0 Å². The molecule has 0 aliphatic carbocycles. The summed E-state index contributed by atoms with van der Waals surface area (Å²) in [6.45, 7) is 2.55. The molecule has 0 atom stereocenters. The average Bonchev–Trinajstić information content (AvgIpc) is 2.88. The van der Waals surface area contributed by atoms with Crippen LogP contribution in [0.15, 0.2) is 30.3 Å². The Bertz CT molecular complexity index is 805. The summed E-state index contributed by atoms with van der Waals surface area (Å²) >= 11 is 0. The fraction of sp³-hybridized carbons (Fsp3) is 0.214. The summed E-state index contributed by atoms with van der Waals surface area (Å²) in [5, 5.41) is 15.3. The molecule has 0 saturated heterocycles. The van der Waals surface area contributed by atoms with Crippen LogP contribution in [0.5, 0.6) is 5.75 Å². The second-order valence-electron chi connectivity index (χ2n) is 4.59. The molecule has 0 spiro atoms. The van der Waals surface area contributed by atoms with Crippen molar-refractivity contribution < 1.29 is 13.5 Å². The van der Waals surface area contributed by atoms with Gasteiger partial charge in [-0.3, -0.25) is 0 Å². The van der Waals surface area contributed by atoms with E-state index in [1.54, 1.807) is 16.6 Å². The highest BCUT2D eigenvalue weighted by Gasteiger charge is 2.04. The van der Waals surface area contributed by atoms with Crippen LogP contribution in [-0.4, -0.2) is 33.0 Å². The number of aromatic nitrogens is 4. The van der Waals surface area contributed by atoms with E-state index in [4.69, 9.17) is 4.74 Å². The first-order valence-electron chi connectivity index (χ1n) is 6.64. The Hall–Kier alpha value is -2.77. The number of ether oxygens (including phenoxy) is 1. The molecule has 2 aromatic heterocycles. The lowest BCUT2D eigenvalue weighted by atomic mass is 10.3. The molecule has 0 radical (unpaired) electrons. The quantitative estimate of drug-likeness (QED) is 0.732. The van der Waals surface area contributed by atoms with E-state index in [-0.39, 0.29) is 12.4 Å². The Kier molecular flexibility index (Phi) is 3.82. The summed E-state index contributed by atoms with van der Waals surface area (Å²) in [6.07, 6.45) is 0. The van der Waals surface area contributed by atoms with Gasteiger partial charge < -0.3 is 10.1 Å². The van der Waals surface area contributed by atoms with Crippen molar-refractivity contribution in [3.8, 4) is 5.75 Å². The van der Waals surface area contributed by atoms with Gasteiger partial charge in [-0.2, -0.15) is 4.52 Å². The Balaban J connectivity index is 1.55. The second-order valence-corrected chi connectivity index (χ2v) is 4.59. The van der Waals surface area contributed by atoms with Crippen LogP contribution >= 0.6 is 0 Å². The minimum atomic E-state index is -0.930. The monoisotopic (exact) mass is 305 g/mol. The van der Waals surface area contributed by atoms with Crippen LogP contribution in [0.2, 0.25) is 0 Å². The summed E-state index contributed by atoms with van der Waals surface area (Å²) in [5.41, 5.74) is 0.668. The van der Waals surface area contributed by atoms with Gasteiger partial charge in [0, 0.05) is 6.07 Å². The molecule has 6 nitrogen and oxygen atoms in total. The smallest absolute Gasteiger partial charge is 0.178 e. The molecule has 1 aromatic carbocycles. The molecule has 114 valence electrons. The van der Waals surface area contributed by atoms with Gasteiger partial charge in [-0.1, -0.05) is 0 Å². The topological polar surface area (TPSA) is 64.3 Å². The predicted octanol–water partition coefficient (Wildman–Crippen LogP) is 2.20. The van der Waals surface area contributed by atoms with Crippen LogP contribution < -0.4 is 10.1 Å². The first-order chi connectivity index (χ1) is 10.6. The molecular formula is C14H13F2N5O. The molecule has 1 N–H and O–H groups in total. The van der Waals surface area contributed by atoms with Gasteiger partial charge >= 0.3 is 0 Å². The number of hydrogen-bond acceptors (Lipinski definition) is 5. The number of benzene rings is 1. The molecular weight excluding hydrogens is 292 g/mol. The Morgan fingerprint density at radius 2 is 2.00 bits per heavy atom. The highest BCUT2D eigenvalue weighted by atomic mass is 19.2. The number of anilines is 1. The van der Waals surface area contributed by atoms with E-state index in [1.165, 1.54) is 6.07 Å². The number of halogens is 2. The van der Waals surface area contributed by atoms with Gasteiger partial charge in [0.15, 0.2) is 23.1 Å². The van der Waals surface area contributed by atoms with Crippen LogP contribution in [0.4, 0.5) is 14.6 Å². The zero-order valence-corrected chi connectivity index (χ0v) is 11.8. The minimum Gasteiger partial charge on any atom is -0.492 e. The summed E-state index contributed by atoms with van der Waals surface area (Å²) in [6, 6.07) is 7.00. The summed E-state index contributed by atoms with van der Waals surface area (Å²) in [4.78, 5) is 0. The average molecular weight is 305 g/mol. The Morgan fingerprint density at radius 3 is 2.82 bits per heavy atom. The molecule has 3 aromatic rings. The predicted molar refractivity (Wildman–Crippen MR) is 75.9 cm³/mol. The van der Waals surface area contributed by atoms with Crippen LogP contribution in [0, 0.1) is 18.6 Å². The SMILES string of the molecule is Cc1nnc2ccc(NCCOc3ccc(F)c(F)c3)nn12. The Morgan fingerprint density at radius 1 is 1.14 bits per heavy atom. The highest BCUT2D eigenvalue weighted by molar-refractivity contribution is 5.43. The zero-order chi connectivity index (χ0) is 15.5. The van der Waals surface area contributed by atoms with Crippen molar-refractivity contribution in [2.45, 2.75) is 6.92 Å². The van der Waals surface area contributed by atoms with Crippen molar-refractivity contribution in [1.82, 2.24) is 19.8 Å². The number of hydrogen-bond donors (Lipinski definition) is 1. The first-order valence-corrected chi connectivity index (χ1v) is 6.64. The van der Waals surface area contributed by atoms with Gasteiger partial charge in [0.1, 0.15) is 18.2 Å². The van der Waals surface area contributed by atoms with Gasteiger partial charge in [-0.25, -0.2) is 8.78 Å². The Labute approximate surface area is 124 Å². The summed E-state index contributed by atoms with van der Waals surface area (Å²) in [7, 11) is 0. The van der Waals surface area contributed by atoms with E-state index in [0.717, 1.165) is 12.1 Å². The lowest BCUT2D eigenvalue weighted by Crippen LogP contribution is -2.13. The maximum atomic E-state index is 13.0. The van der Waals surface area contributed by atoms with Gasteiger partial charge in [-0.05, 0) is 31.2 Å². The number of nitrogens with one attached hydrogen (secondary N) is 1. The van der Waals surface area contributed by atoms with Crippen LogP contribution in [0.1, 0.15) is 5.82 Å². The molecule has 0 aliphatic rings. The third kappa shape index (κ3) is 2.95. The van der Waals surface area contributed by atoms with Gasteiger partial charge in [0.2, 0.25) is 0 Å². The van der Waals surface area contributed by atoms with Crippen molar-refractivity contribution in [3.63, 3.8) is 0 Å². The third-order valence-corrected chi connectivity index (χ3v) is 2.99. The lowest BCUT2D eigenvalue weighted by molar-refractivity contribution is 0.329. The number of fused-ring (bicyclic) bond motifs is 1. The zero-order valence-electron chi connectivity index (χ0n) is 11.8. The molecule has 0 aliphatic heterocycles. The van der Waals surface area contributed by atoms with E-state index < -0.39 is 11.6 Å². The van der Waals surface area contributed by atoms with E-state index >= 15 is 0 Å². The summed E-state index contributed by atoms with van der Waals surface area (Å²) in [5.74, 6) is -0.215. The van der Waals surface area contributed by atoms with Gasteiger partial charge in [0.05, 0.1) is 6.54 Å². The van der Waals surface area contributed by atoms with E-state index in [9.17, 15) is 8.78 Å². The fourth-order valence-electron chi connectivity index (χ4n) is 1.91. The fourth-order valence-corrected chi connectivity index (χ4v) is 1.91. The van der Waals surface area contributed by atoms with Crippen LogP contribution in [0.25, 0.3) is 5.65 Å². The normalized spacial score (nSPS) is 10.9. The van der Waals surface area contributed by atoms with Crippen molar-refractivity contribution in [2.75, 3.05) is 18.5 Å². The first kappa shape index (κ1) is 14.2. The minimum absolute atomic E-state index is 0.277. The number of rotatable bonds is 5. The molecule has 3 rings (SSSR count). The molecule has 0 unspecified atom stereocenters. The van der Waals surface area contributed by atoms with Crippen molar-refractivity contribution in [2.24, 2.45) is 0 Å². The van der Waals surface area contributed by atoms with E-state index in [2.05, 4.69) is 20.6 Å². The molecule has 0 amide bonds. The van der Waals surface area contributed by atoms with Crippen LogP contribution in [-0.2, 0) is 0 Å². The summed E-state index contributed by atoms with van der Waals surface area (Å²) < 4.78 is 32.7. The largest absolute Gasteiger partial charge is 0.492 e. The van der Waals surface area contributed by atoms with Gasteiger partial charge in [0.25, 0.3) is 0 Å². The maximum absolute atomic E-state index is 13.0. The molecule has 2 heterocycles. The molecule has 0 saturated carbocycles. The van der Waals surface area contributed by atoms with Gasteiger partial charge in [-0.15, -0.1) is 15.3 Å². The molecule has 0 fully saturated rings. The molecule has 22 heavy (non-hydrogen) atoms. The van der Waals surface area contributed by atoms with E-state index in [1.807, 2.05) is 6.92 Å². The molecule has 0 bridgehead atoms. The third-order valence-electron chi connectivity index (χ3n) is 2.99. The van der Waals surface area contributed by atoms with Crippen molar-refractivity contribution in [1.29, 1.82) is 0 Å². The standard InChI is InChI=1S/C14H13F2N5O/c1-9-18-19-14-5-4-13(20-21(9)14)17-6-7-22-10-2-3-11(15)12(16)8-10/h2-5,8H,6-7H2,1H3,(H,17,20). The number of nitrogens with zero attached hydrogens (tertiary/aromatic N) is 4. The highest BCUT2D eigenvalue weighted by Crippen LogP contribution is 2.15.